The number of hydrazine groups is 1. The molecule has 0 fully saturated rings. The molecule has 3 heteroatoms. The van der Waals surface area contributed by atoms with Gasteiger partial charge in [0.15, 0.2) is 0 Å². The highest BCUT2D eigenvalue weighted by atomic mass is 32.1. The fraction of sp³-hybridized carbons (Fsp3) is 0.455. The average Bonchev–Trinajstić information content (AvgIpc) is 2.48. The Labute approximate surface area is 89.5 Å². The normalized spacial score (nSPS) is 12.0. The summed E-state index contributed by atoms with van der Waals surface area (Å²) in [4.78, 5) is 2.62. The van der Waals surface area contributed by atoms with E-state index in [4.69, 9.17) is 5.84 Å². The second-order valence-electron chi connectivity index (χ2n) is 3.24. The third-order valence-corrected chi connectivity index (χ3v) is 3.48. The van der Waals surface area contributed by atoms with Crippen LogP contribution in [0.15, 0.2) is 6.07 Å². The number of hydrogen-bond acceptors (Lipinski definition) is 3. The lowest BCUT2D eigenvalue weighted by atomic mass is 10.1. The zero-order valence-electron chi connectivity index (χ0n) is 8.85. The van der Waals surface area contributed by atoms with Crippen LogP contribution in [0.1, 0.15) is 34.7 Å². The van der Waals surface area contributed by atoms with Gasteiger partial charge in [-0.2, -0.15) is 0 Å². The Morgan fingerprint density at radius 1 is 1.57 bits per heavy atom. The Bertz CT molecular complexity index is 338. The molecule has 0 saturated heterocycles. The highest BCUT2D eigenvalue weighted by Crippen LogP contribution is 2.27. The molecular weight excluding hydrogens is 192 g/mol. The molecule has 3 N–H and O–H groups in total. The zero-order valence-corrected chi connectivity index (χ0v) is 9.66. The molecule has 0 radical (unpaired) electrons. The van der Waals surface area contributed by atoms with Gasteiger partial charge in [-0.05, 0) is 32.4 Å². The number of aryl methyl sites for hydroxylation is 2. The predicted molar refractivity (Wildman–Crippen MR) is 61.9 cm³/mol. The summed E-state index contributed by atoms with van der Waals surface area (Å²) in [7, 11) is 0. The fourth-order valence-corrected chi connectivity index (χ4v) is 2.32. The molecule has 14 heavy (non-hydrogen) atoms. The average molecular weight is 208 g/mol. The van der Waals surface area contributed by atoms with Gasteiger partial charge in [-0.25, -0.2) is 0 Å². The molecule has 1 rings (SSSR count). The van der Waals surface area contributed by atoms with E-state index in [0.717, 1.165) is 6.42 Å². The monoisotopic (exact) mass is 208 g/mol. The van der Waals surface area contributed by atoms with E-state index < -0.39 is 0 Å². The van der Waals surface area contributed by atoms with Crippen molar-refractivity contribution in [2.75, 3.05) is 0 Å². The number of hydrogen-bond donors (Lipinski definition) is 2. The maximum absolute atomic E-state index is 5.49. The Morgan fingerprint density at radius 3 is 2.71 bits per heavy atom. The molecule has 1 atom stereocenters. The van der Waals surface area contributed by atoms with Crippen molar-refractivity contribution in [3.05, 3.63) is 21.4 Å². The van der Waals surface area contributed by atoms with Gasteiger partial charge < -0.3 is 0 Å². The molecule has 1 aromatic rings. The van der Waals surface area contributed by atoms with Crippen molar-refractivity contribution >= 4 is 11.3 Å². The van der Waals surface area contributed by atoms with Crippen molar-refractivity contribution in [1.82, 2.24) is 5.43 Å². The van der Waals surface area contributed by atoms with Crippen LogP contribution in [-0.2, 0) is 0 Å². The van der Waals surface area contributed by atoms with Gasteiger partial charge in [0.1, 0.15) is 0 Å². The largest absolute Gasteiger partial charge is 0.271 e. The first kappa shape index (κ1) is 11.3. The molecule has 1 heterocycles. The van der Waals surface area contributed by atoms with Gasteiger partial charge in [0.2, 0.25) is 0 Å². The third kappa shape index (κ3) is 2.58. The summed E-state index contributed by atoms with van der Waals surface area (Å²) in [6, 6.07) is 2.35. The molecule has 1 unspecified atom stereocenters. The summed E-state index contributed by atoms with van der Waals surface area (Å²) < 4.78 is 0. The minimum atomic E-state index is 0.167. The minimum Gasteiger partial charge on any atom is -0.271 e. The number of nitrogens with one attached hydrogen (secondary N) is 1. The van der Waals surface area contributed by atoms with Gasteiger partial charge in [0, 0.05) is 16.2 Å². The smallest absolute Gasteiger partial charge is 0.0662 e. The Kier molecular flexibility index (Phi) is 4.15. The van der Waals surface area contributed by atoms with Crippen molar-refractivity contribution in [2.24, 2.45) is 5.84 Å². The molecule has 0 aliphatic rings. The fourth-order valence-electron chi connectivity index (χ4n) is 1.22. The van der Waals surface area contributed by atoms with Crippen LogP contribution >= 0.6 is 11.3 Å². The summed E-state index contributed by atoms with van der Waals surface area (Å²) in [6.45, 7) is 6.09. The molecular formula is C11H16N2S. The lowest BCUT2D eigenvalue weighted by molar-refractivity contribution is 0.577. The second-order valence-corrected chi connectivity index (χ2v) is 4.53. The van der Waals surface area contributed by atoms with Crippen molar-refractivity contribution in [2.45, 2.75) is 33.2 Å². The van der Waals surface area contributed by atoms with Gasteiger partial charge >= 0.3 is 0 Å². The maximum atomic E-state index is 5.49. The summed E-state index contributed by atoms with van der Waals surface area (Å²) in [6.07, 6.45) is 0.770. The molecule has 76 valence electrons. The molecule has 0 aromatic carbocycles. The van der Waals surface area contributed by atoms with Crippen molar-refractivity contribution < 1.29 is 0 Å². The van der Waals surface area contributed by atoms with Crippen molar-refractivity contribution in [3.63, 3.8) is 0 Å². The molecule has 0 aliphatic heterocycles. The summed E-state index contributed by atoms with van der Waals surface area (Å²) in [5.41, 5.74) is 4.13. The molecule has 0 amide bonds. The van der Waals surface area contributed by atoms with Crippen LogP contribution in [0.25, 0.3) is 0 Å². The lowest BCUT2D eigenvalue weighted by Gasteiger charge is -2.09. The first-order valence-electron chi connectivity index (χ1n) is 4.61. The second kappa shape index (κ2) is 5.16. The zero-order chi connectivity index (χ0) is 10.6. The van der Waals surface area contributed by atoms with E-state index in [-0.39, 0.29) is 6.04 Å². The van der Waals surface area contributed by atoms with Crippen LogP contribution in [0, 0.1) is 25.7 Å². The van der Waals surface area contributed by atoms with E-state index in [1.54, 1.807) is 11.3 Å². The molecule has 0 saturated carbocycles. The SMILES string of the molecule is CC#CCC(NN)c1cc(C)c(C)s1. The summed E-state index contributed by atoms with van der Waals surface area (Å²) in [5.74, 6) is 11.4. The number of rotatable bonds is 3. The summed E-state index contributed by atoms with van der Waals surface area (Å²) in [5, 5.41) is 0. The van der Waals surface area contributed by atoms with Crippen LogP contribution in [-0.4, -0.2) is 0 Å². The molecule has 0 bridgehead atoms. The first-order valence-corrected chi connectivity index (χ1v) is 5.43. The number of thiophene rings is 1. The number of nitrogens with two attached hydrogens (primary N) is 1. The van der Waals surface area contributed by atoms with Gasteiger partial charge in [0.05, 0.1) is 6.04 Å². The highest BCUT2D eigenvalue weighted by molar-refractivity contribution is 7.12. The standard InChI is InChI=1S/C11H16N2S/c1-4-5-6-10(13-12)11-7-8(2)9(3)14-11/h7,10,13H,6,12H2,1-3H3. The van der Waals surface area contributed by atoms with Crippen LogP contribution in [0.2, 0.25) is 0 Å². The van der Waals surface area contributed by atoms with E-state index in [1.807, 2.05) is 6.92 Å². The van der Waals surface area contributed by atoms with Gasteiger partial charge in [-0.15, -0.1) is 23.2 Å². The van der Waals surface area contributed by atoms with Crippen LogP contribution < -0.4 is 11.3 Å². The van der Waals surface area contributed by atoms with E-state index in [9.17, 15) is 0 Å². The van der Waals surface area contributed by atoms with Gasteiger partial charge in [-0.1, -0.05) is 0 Å². The molecule has 0 spiro atoms. The van der Waals surface area contributed by atoms with Crippen LogP contribution in [0.4, 0.5) is 0 Å². The summed E-state index contributed by atoms with van der Waals surface area (Å²) >= 11 is 1.79. The van der Waals surface area contributed by atoms with Gasteiger partial charge in [0.25, 0.3) is 0 Å². The topological polar surface area (TPSA) is 38.0 Å². The van der Waals surface area contributed by atoms with Crippen molar-refractivity contribution in [3.8, 4) is 11.8 Å². The Hall–Kier alpha value is -0.820. The quantitative estimate of drug-likeness (QED) is 0.454. The molecule has 0 aliphatic carbocycles. The maximum Gasteiger partial charge on any atom is 0.0662 e. The minimum absolute atomic E-state index is 0.167. The Morgan fingerprint density at radius 2 is 2.29 bits per heavy atom. The van der Waals surface area contributed by atoms with E-state index in [1.165, 1.54) is 15.3 Å². The predicted octanol–water partition coefficient (Wildman–Crippen LogP) is 2.28. The van der Waals surface area contributed by atoms with Crippen LogP contribution in [0.3, 0.4) is 0 Å². The van der Waals surface area contributed by atoms with E-state index in [2.05, 4.69) is 37.2 Å². The van der Waals surface area contributed by atoms with Gasteiger partial charge in [-0.3, -0.25) is 11.3 Å². The third-order valence-electron chi connectivity index (χ3n) is 2.21. The van der Waals surface area contributed by atoms with Crippen molar-refractivity contribution in [1.29, 1.82) is 0 Å². The van der Waals surface area contributed by atoms with E-state index >= 15 is 0 Å². The van der Waals surface area contributed by atoms with E-state index in [0.29, 0.717) is 0 Å². The first-order chi connectivity index (χ1) is 6.69. The Balaban J connectivity index is 2.81. The van der Waals surface area contributed by atoms with Crippen LogP contribution in [0.5, 0.6) is 0 Å². The highest BCUT2D eigenvalue weighted by Gasteiger charge is 2.11. The molecule has 1 aromatic heterocycles. The molecule has 2 nitrogen and oxygen atoms in total. The lowest BCUT2D eigenvalue weighted by Crippen LogP contribution is -2.27.